The van der Waals surface area contributed by atoms with Gasteiger partial charge in [-0.25, -0.2) is 0 Å². The molecule has 1 aliphatic heterocycles. The smallest absolute Gasteiger partial charge is 0.192 e. The van der Waals surface area contributed by atoms with Crippen molar-refractivity contribution < 1.29 is 9.53 Å². The number of aromatic nitrogens is 1. The molecule has 1 unspecified atom stereocenters. The molecule has 1 saturated heterocycles. The van der Waals surface area contributed by atoms with Crippen LogP contribution in [0.4, 0.5) is 0 Å². The highest BCUT2D eigenvalue weighted by atomic mass is 16.5. The first-order chi connectivity index (χ1) is 7.79. The predicted octanol–water partition coefficient (Wildman–Crippen LogP) is 1.17. The molecule has 1 aromatic heterocycles. The Kier molecular flexibility index (Phi) is 3.74. The van der Waals surface area contributed by atoms with Gasteiger partial charge in [-0.2, -0.15) is 0 Å². The van der Waals surface area contributed by atoms with Crippen LogP contribution < -0.4 is 0 Å². The van der Waals surface area contributed by atoms with E-state index in [0.717, 1.165) is 26.1 Å². The molecule has 1 N–H and O–H groups in total. The van der Waals surface area contributed by atoms with Crippen molar-refractivity contribution in [1.82, 2.24) is 9.88 Å². The van der Waals surface area contributed by atoms with E-state index in [9.17, 15) is 4.79 Å². The number of H-pyrrole nitrogens is 1. The molecule has 0 aliphatic carbocycles. The number of likely N-dealkylation sites (tertiary alicyclic amines) is 1. The monoisotopic (exact) mass is 222 g/mol. The molecule has 1 aliphatic rings. The lowest BCUT2D eigenvalue weighted by atomic mass is 10.1. The van der Waals surface area contributed by atoms with Gasteiger partial charge in [0, 0.05) is 19.9 Å². The lowest BCUT2D eigenvalue weighted by molar-refractivity contribution is 0.0932. The third-order valence-electron chi connectivity index (χ3n) is 3.04. The highest BCUT2D eigenvalue weighted by molar-refractivity contribution is 5.95. The summed E-state index contributed by atoms with van der Waals surface area (Å²) in [6.45, 7) is 3.29. The standard InChI is InChI=1S/C12H18N2O2/c1-16-9-10-4-6-14(7-10)8-12(15)11-3-2-5-13-11/h2-3,5,10,13H,4,6-9H2,1H3. The summed E-state index contributed by atoms with van der Waals surface area (Å²) in [5, 5.41) is 0. The van der Waals surface area contributed by atoms with E-state index in [1.165, 1.54) is 0 Å². The number of hydrogen-bond donors (Lipinski definition) is 1. The summed E-state index contributed by atoms with van der Waals surface area (Å²) in [7, 11) is 1.73. The van der Waals surface area contributed by atoms with Crippen molar-refractivity contribution in [3.63, 3.8) is 0 Å². The average molecular weight is 222 g/mol. The first-order valence-electron chi connectivity index (χ1n) is 5.67. The minimum Gasteiger partial charge on any atom is -0.384 e. The Morgan fingerprint density at radius 3 is 3.25 bits per heavy atom. The van der Waals surface area contributed by atoms with Crippen LogP contribution in [0.2, 0.25) is 0 Å². The number of nitrogens with one attached hydrogen (secondary N) is 1. The van der Waals surface area contributed by atoms with Crippen LogP contribution in [-0.2, 0) is 4.74 Å². The maximum Gasteiger partial charge on any atom is 0.192 e. The Morgan fingerprint density at radius 1 is 1.69 bits per heavy atom. The maximum atomic E-state index is 11.8. The Morgan fingerprint density at radius 2 is 2.56 bits per heavy atom. The van der Waals surface area contributed by atoms with Gasteiger partial charge in [-0.1, -0.05) is 0 Å². The summed E-state index contributed by atoms with van der Waals surface area (Å²) in [5.41, 5.74) is 0.704. The average Bonchev–Trinajstić information content (AvgIpc) is 2.89. The van der Waals surface area contributed by atoms with Crippen LogP contribution in [-0.4, -0.2) is 49.0 Å². The van der Waals surface area contributed by atoms with Crippen LogP contribution >= 0.6 is 0 Å². The van der Waals surface area contributed by atoms with E-state index in [0.29, 0.717) is 18.2 Å². The van der Waals surface area contributed by atoms with E-state index in [4.69, 9.17) is 4.74 Å². The van der Waals surface area contributed by atoms with Gasteiger partial charge in [0.2, 0.25) is 0 Å². The molecule has 1 fully saturated rings. The fraction of sp³-hybridized carbons (Fsp3) is 0.583. The van der Waals surface area contributed by atoms with Gasteiger partial charge >= 0.3 is 0 Å². The van der Waals surface area contributed by atoms with Crippen LogP contribution in [0.1, 0.15) is 16.9 Å². The van der Waals surface area contributed by atoms with Gasteiger partial charge in [-0.3, -0.25) is 9.69 Å². The fourth-order valence-corrected chi connectivity index (χ4v) is 2.22. The van der Waals surface area contributed by atoms with Crippen LogP contribution in [0.25, 0.3) is 0 Å². The molecule has 0 amide bonds. The van der Waals surface area contributed by atoms with Crippen molar-refractivity contribution in [3.8, 4) is 0 Å². The van der Waals surface area contributed by atoms with Gasteiger partial charge in [-0.15, -0.1) is 0 Å². The van der Waals surface area contributed by atoms with Gasteiger partial charge < -0.3 is 9.72 Å². The summed E-state index contributed by atoms with van der Waals surface area (Å²) in [4.78, 5) is 17.0. The van der Waals surface area contributed by atoms with Gasteiger partial charge in [-0.05, 0) is 31.0 Å². The molecule has 0 spiro atoms. The molecule has 16 heavy (non-hydrogen) atoms. The SMILES string of the molecule is COCC1CCN(CC(=O)c2ccc[nH]2)C1. The number of carbonyl (C=O) groups excluding carboxylic acids is 1. The van der Waals surface area contributed by atoms with E-state index >= 15 is 0 Å². The number of rotatable bonds is 5. The normalized spacial score (nSPS) is 21.4. The minimum absolute atomic E-state index is 0.170. The number of carbonyl (C=O) groups is 1. The van der Waals surface area contributed by atoms with Crippen molar-refractivity contribution in [1.29, 1.82) is 0 Å². The summed E-state index contributed by atoms with van der Waals surface area (Å²) in [6, 6.07) is 3.68. The molecule has 0 aromatic carbocycles. The third-order valence-corrected chi connectivity index (χ3v) is 3.04. The Hall–Kier alpha value is -1.13. The van der Waals surface area contributed by atoms with Gasteiger partial charge in [0.15, 0.2) is 5.78 Å². The predicted molar refractivity (Wildman–Crippen MR) is 61.5 cm³/mol. The molecule has 2 heterocycles. The second-order valence-corrected chi connectivity index (χ2v) is 4.35. The Labute approximate surface area is 95.6 Å². The molecule has 4 heteroatoms. The number of aromatic amines is 1. The molecule has 4 nitrogen and oxygen atoms in total. The zero-order chi connectivity index (χ0) is 11.4. The molecule has 1 aromatic rings. The molecule has 0 saturated carbocycles. The fourth-order valence-electron chi connectivity index (χ4n) is 2.22. The van der Waals surface area contributed by atoms with E-state index < -0.39 is 0 Å². The molecular weight excluding hydrogens is 204 g/mol. The van der Waals surface area contributed by atoms with E-state index in [1.807, 2.05) is 12.1 Å². The van der Waals surface area contributed by atoms with Crippen molar-refractivity contribution in [2.45, 2.75) is 6.42 Å². The largest absolute Gasteiger partial charge is 0.384 e. The van der Waals surface area contributed by atoms with Crippen molar-refractivity contribution >= 4 is 5.78 Å². The number of hydrogen-bond acceptors (Lipinski definition) is 3. The molecule has 1 atom stereocenters. The topological polar surface area (TPSA) is 45.3 Å². The van der Waals surface area contributed by atoms with Crippen LogP contribution in [0.3, 0.4) is 0 Å². The van der Waals surface area contributed by atoms with Crippen molar-refractivity contribution in [3.05, 3.63) is 24.0 Å². The zero-order valence-electron chi connectivity index (χ0n) is 9.61. The quantitative estimate of drug-likeness (QED) is 0.760. The lowest BCUT2D eigenvalue weighted by Gasteiger charge is -2.14. The first-order valence-corrected chi connectivity index (χ1v) is 5.67. The minimum atomic E-state index is 0.170. The van der Waals surface area contributed by atoms with E-state index in [-0.39, 0.29) is 5.78 Å². The molecule has 88 valence electrons. The summed E-state index contributed by atoms with van der Waals surface area (Å²) < 4.78 is 5.13. The molecular formula is C12H18N2O2. The van der Waals surface area contributed by atoms with E-state index in [1.54, 1.807) is 13.3 Å². The number of Topliss-reactive ketones (excluding diaryl/α,β-unsaturated/α-hetero) is 1. The number of ether oxygens (including phenoxy) is 1. The first kappa shape index (κ1) is 11.4. The van der Waals surface area contributed by atoms with Crippen molar-refractivity contribution in [2.75, 3.05) is 33.4 Å². The lowest BCUT2D eigenvalue weighted by Crippen LogP contribution is -2.28. The number of methoxy groups -OCH3 is 1. The number of ketones is 1. The zero-order valence-corrected chi connectivity index (χ0v) is 9.61. The second kappa shape index (κ2) is 5.27. The Bertz CT molecular complexity index is 335. The second-order valence-electron chi connectivity index (χ2n) is 4.35. The summed E-state index contributed by atoms with van der Waals surface area (Å²) >= 11 is 0. The van der Waals surface area contributed by atoms with E-state index in [2.05, 4.69) is 9.88 Å². The number of nitrogens with zero attached hydrogens (tertiary/aromatic N) is 1. The molecule has 0 bridgehead atoms. The van der Waals surface area contributed by atoms with Crippen LogP contribution in [0.5, 0.6) is 0 Å². The molecule has 2 rings (SSSR count). The van der Waals surface area contributed by atoms with Gasteiger partial charge in [0.25, 0.3) is 0 Å². The van der Waals surface area contributed by atoms with Crippen LogP contribution in [0.15, 0.2) is 18.3 Å². The third kappa shape index (κ3) is 2.71. The van der Waals surface area contributed by atoms with Gasteiger partial charge in [0.05, 0.1) is 18.8 Å². The highest BCUT2D eigenvalue weighted by Gasteiger charge is 2.24. The van der Waals surface area contributed by atoms with Gasteiger partial charge in [0.1, 0.15) is 0 Å². The van der Waals surface area contributed by atoms with Crippen molar-refractivity contribution in [2.24, 2.45) is 5.92 Å². The van der Waals surface area contributed by atoms with Crippen LogP contribution in [0, 0.1) is 5.92 Å². The maximum absolute atomic E-state index is 11.8. The highest BCUT2D eigenvalue weighted by Crippen LogP contribution is 2.16. The Balaban J connectivity index is 1.81. The summed E-state index contributed by atoms with van der Waals surface area (Å²) in [6.07, 6.45) is 2.91. The molecule has 0 radical (unpaired) electrons. The summed E-state index contributed by atoms with van der Waals surface area (Å²) in [5.74, 6) is 0.754.